The van der Waals surface area contributed by atoms with Crippen LogP contribution in [0, 0.1) is 6.92 Å². The Balaban J connectivity index is 1.68. The predicted octanol–water partition coefficient (Wildman–Crippen LogP) is 3.42. The molecule has 24 heavy (non-hydrogen) atoms. The van der Waals surface area contributed by atoms with Crippen molar-refractivity contribution in [1.82, 2.24) is 9.38 Å². The van der Waals surface area contributed by atoms with Gasteiger partial charge in [-0.25, -0.2) is 4.98 Å². The molecule has 0 aliphatic carbocycles. The van der Waals surface area contributed by atoms with E-state index in [1.54, 1.807) is 24.3 Å². The van der Waals surface area contributed by atoms with Gasteiger partial charge >= 0.3 is 0 Å². The van der Waals surface area contributed by atoms with Crippen molar-refractivity contribution in [3.05, 3.63) is 65.6 Å². The standard InChI is InChI=1S/C19H19N3O2/c1-13-17(22-11-4-3-8-18(22)20-13)9-10-19(24)21-16-7-5-6-15(12-16)14(2)23/h3-8,11-12H,9-10H2,1-2H3,(H,21,24). The summed E-state index contributed by atoms with van der Waals surface area (Å²) >= 11 is 0. The number of rotatable bonds is 5. The Bertz CT molecular complexity index is 912. The maximum Gasteiger partial charge on any atom is 0.224 e. The predicted molar refractivity (Wildman–Crippen MR) is 93.3 cm³/mol. The summed E-state index contributed by atoms with van der Waals surface area (Å²) in [5.74, 6) is -0.103. The number of ketones is 1. The van der Waals surface area contributed by atoms with Crippen LogP contribution in [0.4, 0.5) is 5.69 Å². The largest absolute Gasteiger partial charge is 0.326 e. The van der Waals surface area contributed by atoms with Gasteiger partial charge in [0.2, 0.25) is 5.91 Å². The van der Waals surface area contributed by atoms with Crippen molar-refractivity contribution in [2.24, 2.45) is 0 Å². The number of hydrogen-bond donors (Lipinski definition) is 1. The maximum atomic E-state index is 12.2. The van der Waals surface area contributed by atoms with Crippen molar-refractivity contribution in [2.75, 3.05) is 5.32 Å². The van der Waals surface area contributed by atoms with Gasteiger partial charge in [-0.2, -0.15) is 0 Å². The van der Waals surface area contributed by atoms with Crippen LogP contribution in [0.15, 0.2) is 48.7 Å². The van der Waals surface area contributed by atoms with Gasteiger partial charge in [-0.3, -0.25) is 9.59 Å². The minimum absolute atomic E-state index is 0.0209. The zero-order valence-electron chi connectivity index (χ0n) is 13.7. The van der Waals surface area contributed by atoms with Crippen molar-refractivity contribution in [3.63, 3.8) is 0 Å². The third-order valence-electron chi connectivity index (χ3n) is 3.97. The van der Waals surface area contributed by atoms with Gasteiger partial charge in [0.25, 0.3) is 0 Å². The van der Waals surface area contributed by atoms with Crippen molar-refractivity contribution in [1.29, 1.82) is 0 Å². The van der Waals surface area contributed by atoms with Crippen molar-refractivity contribution in [2.45, 2.75) is 26.7 Å². The number of aryl methyl sites for hydroxylation is 2. The first-order valence-electron chi connectivity index (χ1n) is 7.88. The van der Waals surface area contributed by atoms with E-state index in [4.69, 9.17) is 0 Å². The van der Waals surface area contributed by atoms with Gasteiger partial charge < -0.3 is 9.72 Å². The van der Waals surface area contributed by atoms with E-state index >= 15 is 0 Å². The number of fused-ring (bicyclic) bond motifs is 1. The van der Waals surface area contributed by atoms with Gasteiger partial charge in [0.15, 0.2) is 5.78 Å². The molecular weight excluding hydrogens is 302 g/mol. The maximum absolute atomic E-state index is 12.2. The van der Waals surface area contributed by atoms with Crippen LogP contribution in [0.3, 0.4) is 0 Å². The number of amides is 1. The molecule has 0 atom stereocenters. The SMILES string of the molecule is CC(=O)c1cccc(NC(=O)CCc2c(C)nc3ccccn23)c1. The van der Waals surface area contributed by atoms with Crippen LogP contribution in [0.5, 0.6) is 0 Å². The van der Waals surface area contributed by atoms with E-state index < -0.39 is 0 Å². The number of nitrogens with one attached hydrogen (secondary N) is 1. The number of carbonyl (C=O) groups is 2. The van der Waals surface area contributed by atoms with Crippen LogP contribution in [0.2, 0.25) is 0 Å². The Hall–Kier alpha value is -2.95. The first-order chi connectivity index (χ1) is 11.5. The molecule has 122 valence electrons. The molecule has 2 heterocycles. The summed E-state index contributed by atoms with van der Waals surface area (Å²) in [4.78, 5) is 28.1. The molecule has 0 spiro atoms. The van der Waals surface area contributed by atoms with E-state index in [-0.39, 0.29) is 11.7 Å². The van der Waals surface area contributed by atoms with E-state index in [2.05, 4.69) is 10.3 Å². The number of pyridine rings is 1. The van der Waals surface area contributed by atoms with Crippen LogP contribution in [0.1, 0.15) is 35.1 Å². The van der Waals surface area contributed by atoms with Crippen LogP contribution >= 0.6 is 0 Å². The number of hydrogen-bond acceptors (Lipinski definition) is 3. The highest BCUT2D eigenvalue weighted by atomic mass is 16.1. The molecule has 1 aromatic carbocycles. The molecule has 3 rings (SSSR count). The topological polar surface area (TPSA) is 63.5 Å². The number of benzene rings is 1. The van der Waals surface area contributed by atoms with Crippen LogP contribution in [0.25, 0.3) is 5.65 Å². The number of nitrogens with zero attached hydrogens (tertiary/aromatic N) is 2. The molecule has 0 fully saturated rings. The minimum atomic E-state index is -0.0824. The summed E-state index contributed by atoms with van der Waals surface area (Å²) in [5, 5.41) is 2.85. The van der Waals surface area contributed by atoms with Crippen LogP contribution in [-0.2, 0) is 11.2 Å². The van der Waals surface area contributed by atoms with E-state index in [1.165, 1.54) is 6.92 Å². The van der Waals surface area contributed by atoms with Gasteiger partial charge in [-0.05, 0) is 44.5 Å². The zero-order chi connectivity index (χ0) is 17.1. The lowest BCUT2D eigenvalue weighted by molar-refractivity contribution is -0.116. The molecule has 0 saturated heterocycles. The lowest BCUT2D eigenvalue weighted by Gasteiger charge is -2.07. The second-order valence-corrected chi connectivity index (χ2v) is 5.76. The molecule has 0 aliphatic rings. The van der Waals surface area contributed by atoms with Gasteiger partial charge in [0.05, 0.1) is 5.69 Å². The van der Waals surface area contributed by atoms with Crippen molar-refractivity contribution in [3.8, 4) is 0 Å². The molecule has 5 heteroatoms. The fourth-order valence-electron chi connectivity index (χ4n) is 2.74. The second kappa shape index (κ2) is 6.66. The molecule has 1 N–H and O–H groups in total. The van der Waals surface area contributed by atoms with Gasteiger partial charge in [-0.1, -0.05) is 18.2 Å². The third kappa shape index (κ3) is 3.35. The lowest BCUT2D eigenvalue weighted by Crippen LogP contribution is -2.13. The van der Waals surface area contributed by atoms with E-state index in [0.29, 0.717) is 24.1 Å². The molecule has 3 aromatic rings. The molecule has 0 bridgehead atoms. The van der Waals surface area contributed by atoms with Crippen molar-refractivity contribution < 1.29 is 9.59 Å². The quantitative estimate of drug-likeness (QED) is 0.732. The fourth-order valence-corrected chi connectivity index (χ4v) is 2.74. The Labute approximate surface area is 140 Å². The Morgan fingerprint density at radius 1 is 1.17 bits per heavy atom. The highest BCUT2D eigenvalue weighted by Gasteiger charge is 2.11. The highest BCUT2D eigenvalue weighted by Crippen LogP contribution is 2.15. The smallest absolute Gasteiger partial charge is 0.224 e. The molecular formula is C19H19N3O2. The number of aromatic nitrogens is 2. The summed E-state index contributed by atoms with van der Waals surface area (Å²) in [6, 6.07) is 12.8. The lowest BCUT2D eigenvalue weighted by atomic mass is 10.1. The summed E-state index contributed by atoms with van der Waals surface area (Å²) < 4.78 is 2.01. The summed E-state index contributed by atoms with van der Waals surface area (Å²) in [6.45, 7) is 3.46. The molecule has 0 radical (unpaired) electrons. The van der Waals surface area contributed by atoms with E-state index in [1.807, 2.05) is 35.7 Å². The summed E-state index contributed by atoms with van der Waals surface area (Å²) in [6.07, 6.45) is 2.92. The first-order valence-corrected chi connectivity index (χ1v) is 7.88. The zero-order valence-corrected chi connectivity index (χ0v) is 13.7. The Morgan fingerprint density at radius 2 is 2.00 bits per heavy atom. The van der Waals surface area contributed by atoms with E-state index in [9.17, 15) is 9.59 Å². The Kier molecular flexibility index (Phi) is 4.42. The average molecular weight is 321 g/mol. The molecule has 0 aliphatic heterocycles. The third-order valence-corrected chi connectivity index (χ3v) is 3.97. The summed E-state index contributed by atoms with van der Waals surface area (Å²) in [5.41, 5.74) is 4.10. The van der Waals surface area contributed by atoms with Crippen LogP contribution in [-0.4, -0.2) is 21.1 Å². The van der Waals surface area contributed by atoms with Crippen molar-refractivity contribution >= 4 is 23.0 Å². The number of imidazole rings is 1. The van der Waals surface area contributed by atoms with Gasteiger partial charge in [-0.15, -0.1) is 0 Å². The Morgan fingerprint density at radius 3 is 2.79 bits per heavy atom. The van der Waals surface area contributed by atoms with Crippen LogP contribution < -0.4 is 5.32 Å². The number of Topliss-reactive ketones (excluding diaryl/α,β-unsaturated/α-hetero) is 1. The number of anilines is 1. The number of carbonyl (C=O) groups excluding carboxylic acids is 2. The molecule has 2 aromatic heterocycles. The second-order valence-electron chi connectivity index (χ2n) is 5.76. The average Bonchev–Trinajstić information content (AvgIpc) is 2.88. The highest BCUT2D eigenvalue weighted by molar-refractivity contribution is 5.97. The minimum Gasteiger partial charge on any atom is -0.326 e. The monoisotopic (exact) mass is 321 g/mol. The molecule has 0 unspecified atom stereocenters. The molecule has 1 amide bonds. The normalized spacial score (nSPS) is 10.8. The van der Waals surface area contributed by atoms with Gasteiger partial charge in [0.1, 0.15) is 5.65 Å². The molecule has 0 saturated carbocycles. The molecule has 5 nitrogen and oxygen atoms in total. The summed E-state index contributed by atoms with van der Waals surface area (Å²) in [7, 11) is 0. The van der Waals surface area contributed by atoms with E-state index in [0.717, 1.165) is 17.0 Å². The first kappa shape index (κ1) is 15.9. The van der Waals surface area contributed by atoms with Gasteiger partial charge in [0, 0.05) is 29.6 Å². The fraction of sp³-hybridized carbons (Fsp3) is 0.211.